The summed E-state index contributed by atoms with van der Waals surface area (Å²) in [7, 11) is 0. The molecule has 3 rings (SSSR count). The number of carbonyl (C=O) groups is 1. The van der Waals surface area contributed by atoms with Crippen molar-refractivity contribution in [3.8, 4) is 11.5 Å². The van der Waals surface area contributed by atoms with Gasteiger partial charge in [-0.2, -0.15) is 0 Å². The number of hydrogen-bond donors (Lipinski definition) is 1. The third kappa shape index (κ3) is 4.30. The van der Waals surface area contributed by atoms with Crippen molar-refractivity contribution < 1.29 is 18.8 Å². The van der Waals surface area contributed by atoms with Crippen LogP contribution in [0.4, 0.5) is 0 Å². The highest BCUT2D eigenvalue weighted by molar-refractivity contribution is 6.32. The number of hydrogen-bond acceptors (Lipinski definition) is 5. The Morgan fingerprint density at radius 2 is 2.19 bits per heavy atom. The number of halogens is 1. The first kappa shape index (κ1) is 18.6. The summed E-state index contributed by atoms with van der Waals surface area (Å²) in [6, 6.07) is 7.20. The maximum absolute atomic E-state index is 11.1. The Balaban J connectivity index is 1.52. The Labute approximate surface area is 157 Å². The van der Waals surface area contributed by atoms with E-state index in [1.807, 2.05) is 32.0 Å². The predicted octanol–water partition coefficient (Wildman–Crippen LogP) is 4.25. The van der Waals surface area contributed by atoms with Crippen LogP contribution < -0.4 is 14.8 Å². The SMILES string of the molecule is CCOc1ccc(OC2CC(c3cc([C@H](C)NC(C)=O)on3)C2)cc1Cl. The molecule has 1 aliphatic carbocycles. The fourth-order valence-electron chi connectivity index (χ4n) is 3.00. The second-order valence-corrected chi connectivity index (χ2v) is 6.92. The molecule has 1 amide bonds. The van der Waals surface area contributed by atoms with Crippen molar-refractivity contribution in [2.24, 2.45) is 0 Å². The zero-order valence-electron chi connectivity index (χ0n) is 15.1. The standard InChI is InChI=1S/C19H23ClN2O4/c1-4-24-18-6-5-14(9-16(18)20)25-15-7-13(8-15)17-10-19(26-22-17)11(2)21-12(3)23/h5-6,9-11,13,15H,4,7-8H2,1-3H3,(H,21,23)/t11-,13?,15?/m0/s1. The third-order valence-electron chi connectivity index (χ3n) is 4.41. The van der Waals surface area contributed by atoms with Crippen LogP contribution in [0.25, 0.3) is 0 Å². The molecule has 0 aliphatic heterocycles. The first-order valence-electron chi connectivity index (χ1n) is 8.78. The van der Waals surface area contributed by atoms with E-state index in [9.17, 15) is 4.79 Å². The van der Waals surface area contributed by atoms with Crippen molar-refractivity contribution in [2.75, 3.05) is 6.61 Å². The Hall–Kier alpha value is -2.21. The van der Waals surface area contributed by atoms with Gasteiger partial charge in [0, 0.05) is 25.0 Å². The summed E-state index contributed by atoms with van der Waals surface area (Å²) in [5, 5.41) is 7.47. The fraction of sp³-hybridized carbons (Fsp3) is 0.474. The van der Waals surface area contributed by atoms with E-state index in [0.717, 1.165) is 24.3 Å². The molecule has 6 nitrogen and oxygen atoms in total. The molecule has 1 aliphatic rings. The van der Waals surface area contributed by atoms with Gasteiger partial charge in [0.15, 0.2) is 5.76 Å². The van der Waals surface area contributed by atoms with Gasteiger partial charge in [0.05, 0.1) is 29.5 Å². The van der Waals surface area contributed by atoms with Crippen LogP contribution in [-0.4, -0.2) is 23.8 Å². The number of benzene rings is 1. The summed E-state index contributed by atoms with van der Waals surface area (Å²) in [6.07, 6.45) is 1.86. The van der Waals surface area contributed by atoms with Crippen LogP contribution in [0.2, 0.25) is 5.02 Å². The van der Waals surface area contributed by atoms with Gasteiger partial charge in [-0.3, -0.25) is 4.79 Å². The van der Waals surface area contributed by atoms with Crippen molar-refractivity contribution >= 4 is 17.5 Å². The van der Waals surface area contributed by atoms with Gasteiger partial charge < -0.3 is 19.3 Å². The summed E-state index contributed by atoms with van der Waals surface area (Å²) in [5.41, 5.74) is 0.904. The monoisotopic (exact) mass is 378 g/mol. The van der Waals surface area contributed by atoms with Gasteiger partial charge in [-0.15, -0.1) is 0 Å². The lowest BCUT2D eigenvalue weighted by Crippen LogP contribution is -2.32. The highest BCUT2D eigenvalue weighted by Crippen LogP contribution is 2.40. The molecule has 1 saturated carbocycles. The van der Waals surface area contributed by atoms with Crippen molar-refractivity contribution in [1.82, 2.24) is 10.5 Å². The maximum Gasteiger partial charge on any atom is 0.217 e. The summed E-state index contributed by atoms with van der Waals surface area (Å²) in [6.45, 7) is 5.84. The van der Waals surface area contributed by atoms with Crippen LogP contribution in [-0.2, 0) is 4.79 Å². The lowest BCUT2D eigenvalue weighted by molar-refractivity contribution is -0.119. The van der Waals surface area contributed by atoms with E-state index in [4.69, 9.17) is 25.6 Å². The topological polar surface area (TPSA) is 73.6 Å². The molecule has 1 fully saturated rings. The van der Waals surface area contributed by atoms with Gasteiger partial charge in [0.2, 0.25) is 5.91 Å². The van der Waals surface area contributed by atoms with Gasteiger partial charge in [0.25, 0.3) is 0 Å². The van der Waals surface area contributed by atoms with Crippen molar-refractivity contribution in [2.45, 2.75) is 51.7 Å². The van der Waals surface area contributed by atoms with Gasteiger partial charge in [-0.25, -0.2) is 0 Å². The molecule has 0 spiro atoms. The minimum absolute atomic E-state index is 0.0958. The normalized spacial score (nSPS) is 20.2. The van der Waals surface area contributed by atoms with Gasteiger partial charge >= 0.3 is 0 Å². The van der Waals surface area contributed by atoms with Crippen LogP contribution in [0.3, 0.4) is 0 Å². The second-order valence-electron chi connectivity index (χ2n) is 6.51. The number of amides is 1. The van der Waals surface area contributed by atoms with Crippen molar-refractivity contribution in [1.29, 1.82) is 0 Å². The number of ether oxygens (including phenoxy) is 2. The van der Waals surface area contributed by atoms with Crippen LogP contribution in [0.1, 0.15) is 57.0 Å². The molecule has 1 aromatic carbocycles. The van der Waals surface area contributed by atoms with E-state index >= 15 is 0 Å². The number of nitrogens with zero attached hydrogens (tertiary/aromatic N) is 1. The molecular formula is C19H23ClN2O4. The molecule has 0 unspecified atom stereocenters. The molecule has 0 radical (unpaired) electrons. The molecule has 0 bridgehead atoms. The zero-order valence-corrected chi connectivity index (χ0v) is 15.9. The fourth-order valence-corrected chi connectivity index (χ4v) is 3.22. The Kier molecular flexibility index (Phi) is 5.71. The largest absolute Gasteiger partial charge is 0.492 e. The molecule has 1 aromatic heterocycles. The summed E-state index contributed by atoms with van der Waals surface area (Å²) >= 11 is 6.19. The Morgan fingerprint density at radius 1 is 1.42 bits per heavy atom. The minimum Gasteiger partial charge on any atom is -0.492 e. The van der Waals surface area contributed by atoms with Gasteiger partial charge in [-0.05, 0) is 38.8 Å². The molecule has 26 heavy (non-hydrogen) atoms. The first-order chi connectivity index (χ1) is 12.5. The average molecular weight is 379 g/mol. The summed E-state index contributed by atoms with van der Waals surface area (Å²) in [5.74, 6) is 2.28. The lowest BCUT2D eigenvalue weighted by atomic mass is 9.80. The molecule has 7 heteroatoms. The Bertz CT molecular complexity index is 771. The summed E-state index contributed by atoms with van der Waals surface area (Å²) in [4.78, 5) is 11.1. The van der Waals surface area contributed by atoms with Crippen LogP contribution in [0.15, 0.2) is 28.8 Å². The highest BCUT2D eigenvalue weighted by atomic mass is 35.5. The number of rotatable bonds is 7. The quantitative estimate of drug-likeness (QED) is 0.779. The lowest BCUT2D eigenvalue weighted by Gasteiger charge is -2.34. The van der Waals surface area contributed by atoms with Crippen molar-refractivity contribution in [3.63, 3.8) is 0 Å². The molecule has 1 N–H and O–H groups in total. The average Bonchev–Trinajstić information content (AvgIpc) is 3.02. The number of nitrogens with one attached hydrogen (secondary N) is 1. The summed E-state index contributed by atoms with van der Waals surface area (Å²) < 4.78 is 16.7. The smallest absolute Gasteiger partial charge is 0.217 e. The first-order valence-corrected chi connectivity index (χ1v) is 9.16. The van der Waals surface area contributed by atoms with Gasteiger partial charge in [0.1, 0.15) is 11.5 Å². The molecule has 1 atom stereocenters. The maximum atomic E-state index is 11.1. The molecule has 2 aromatic rings. The van der Waals surface area contributed by atoms with E-state index in [1.165, 1.54) is 6.92 Å². The van der Waals surface area contributed by atoms with E-state index in [2.05, 4.69) is 10.5 Å². The predicted molar refractivity (Wildman–Crippen MR) is 97.7 cm³/mol. The second kappa shape index (κ2) is 7.99. The zero-order chi connectivity index (χ0) is 18.7. The van der Waals surface area contributed by atoms with E-state index in [0.29, 0.717) is 29.1 Å². The number of carbonyl (C=O) groups excluding carboxylic acids is 1. The molecule has 140 valence electrons. The van der Waals surface area contributed by atoms with Crippen LogP contribution >= 0.6 is 11.6 Å². The van der Waals surface area contributed by atoms with E-state index < -0.39 is 0 Å². The number of aromatic nitrogens is 1. The molecular weight excluding hydrogens is 356 g/mol. The third-order valence-corrected chi connectivity index (χ3v) is 4.71. The van der Waals surface area contributed by atoms with E-state index in [1.54, 1.807) is 6.07 Å². The van der Waals surface area contributed by atoms with Crippen molar-refractivity contribution in [3.05, 3.63) is 40.7 Å². The van der Waals surface area contributed by atoms with Gasteiger partial charge in [-0.1, -0.05) is 16.8 Å². The molecule has 1 heterocycles. The van der Waals surface area contributed by atoms with Crippen LogP contribution in [0, 0.1) is 0 Å². The minimum atomic E-state index is -0.188. The Morgan fingerprint density at radius 3 is 2.85 bits per heavy atom. The highest BCUT2D eigenvalue weighted by Gasteiger charge is 2.34. The van der Waals surface area contributed by atoms with E-state index in [-0.39, 0.29) is 18.1 Å². The van der Waals surface area contributed by atoms with Crippen LogP contribution in [0.5, 0.6) is 11.5 Å². The molecule has 0 saturated heterocycles.